The summed E-state index contributed by atoms with van der Waals surface area (Å²) >= 11 is 3.35. The van der Waals surface area contributed by atoms with Gasteiger partial charge >= 0.3 is 5.97 Å². The van der Waals surface area contributed by atoms with Gasteiger partial charge in [-0.1, -0.05) is 36.7 Å². The van der Waals surface area contributed by atoms with Crippen LogP contribution in [0.3, 0.4) is 0 Å². The molecule has 1 rings (SSSR count). The van der Waals surface area contributed by atoms with E-state index in [2.05, 4.69) is 20.9 Å². The van der Waals surface area contributed by atoms with Crippen LogP contribution in [0.15, 0.2) is 16.7 Å². The van der Waals surface area contributed by atoms with Gasteiger partial charge in [0.1, 0.15) is 0 Å². The summed E-state index contributed by atoms with van der Waals surface area (Å²) in [5, 5.41) is 8.97. The van der Waals surface area contributed by atoms with Crippen molar-refractivity contribution in [2.75, 3.05) is 0 Å². The highest BCUT2D eigenvalue weighted by Gasteiger charge is 2.25. The quantitative estimate of drug-likeness (QED) is 0.842. The van der Waals surface area contributed by atoms with Gasteiger partial charge in [0.15, 0.2) is 5.69 Å². The minimum absolute atomic E-state index is 0.117. The van der Waals surface area contributed by atoms with E-state index in [1.165, 1.54) is 6.20 Å². The van der Waals surface area contributed by atoms with Crippen LogP contribution in [0.5, 0.6) is 0 Å². The standard InChI is InChI=1S/C10H12BrNO2/c1-10(2,3)7-6(11)4-5-12-8(7)9(13)14/h4-5H,1-3H3,(H,13,14). The van der Waals surface area contributed by atoms with Crippen molar-refractivity contribution in [1.29, 1.82) is 0 Å². The van der Waals surface area contributed by atoms with Crippen LogP contribution in [0.1, 0.15) is 36.8 Å². The Hall–Kier alpha value is -0.900. The number of hydrogen-bond acceptors (Lipinski definition) is 2. The summed E-state index contributed by atoms with van der Waals surface area (Å²) in [5.41, 5.74) is 0.611. The molecule has 0 radical (unpaired) electrons. The van der Waals surface area contributed by atoms with E-state index in [0.717, 1.165) is 10.0 Å². The molecule has 0 aliphatic heterocycles. The first-order chi connectivity index (χ1) is 6.34. The predicted molar refractivity (Wildman–Crippen MR) is 57.6 cm³/mol. The van der Waals surface area contributed by atoms with Crippen LogP contribution >= 0.6 is 15.9 Å². The zero-order chi connectivity index (χ0) is 10.9. The topological polar surface area (TPSA) is 50.2 Å². The third-order valence-electron chi connectivity index (χ3n) is 1.85. The molecule has 1 aromatic rings. The van der Waals surface area contributed by atoms with E-state index in [-0.39, 0.29) is 11.1 Å². The molecule has 0 bridgehead atoms. The van der Waals surface area contributed by atoms with Crippen molar-refractivity contribution in [3.63, 3.8) is 0 Å². The van der Waals surface area contributed by atoms with Crippen molar-refractivity contribution in [3.05, 3.63) is 28.0 Å². The maximum Gasteiger partial charge on any atom is 0.354 e. The van der Waals surface area contributed by atoms with E-state index >= 15 is 0 Å². The van der Waals surface area contributed by atoms with Gasteiger partial charge in [-0.25, -0.2) is 9.78 Å². The van der Waals surface area contributed by atoms with Crippen LogP contribution in [0.4, 0.5) is 0 Å². The molecule has 0 fully saturated rings. The number of carboxylic acids is 1. The number of carboxylic acid groups (broad SMARTS) is 1. The first kappa shape index (κ1) is 11.2. The third-order valence-corrected chi connectivity index (χ3v) is 2.51. The van der Waals surface area contributed by atoms with Gasteiger partial charge in [-0.05, 0) is 11.5 Å². The lowest BCUT2D eigenvalue weighted by molar-refractivity contribution is 0.0687. The van der Waals surface area contributed by atoms with E-state index in [1.54, 1.807) is 6.07 Å². The molecule has 0 aliphatic rings. The van der Waals surface area contributed by atoms with E-state index in [1.807, 2.05) is 20.8 Å². The Balaban J connectivity index is 3.45. The molecule has 4 heteroatoms. The first-order valence-electron chi connectivity index (χ1n) is 4.22. The summed E-state index contributed by atoms with van der Waals surface area (Å²) in [6.45, 7) is 5.88. The van der Waals surface area contributed by atoms with Crippen molar-refractivity contribution in [2.24, 2.45) is 0 Å². The van der Waals surface area contributed by atoms with E-state index in [4.69, 9.17) is 5.11 Å². The fraction of sp³-hybridized carbons (Fsp3) is 0.400. The molecule has 0 unspecified atom stereocenters. The van der Waals surface area contributed by atoms with E-state index in [0.29, 0.717) is 0 Å². The van der Waals surface area contributed by atoms with Gasteiger partial charge in [-0.2, -0.15) is 0 Å². The molecule has 0 aromatic carbocycles. The zero-order valence-corrected chi connectivity index (χ0v) is 9.92. The van der Waals surface area contributed by atoms with Crippen molar-refractivity contribution >= 4 is 21.9 Å². The lowest BCUT2D eigenvalue weighted by Crippen LogP contribution is -2.19. The molecule has 1 N–H and O–H groups in total. The van der Waals surface area contributed by atoms with Crippen molar-refractivity contribution in [3.8, 4) is 0 Å². The van der Waals surface area contributed by atoms with Gasteiger partial charge < -0.3 is 5.11 Å². The molecule has 0 saturated carbocycles. The molecule has 0 aliphatic carbocycles. The molecule has 14 heavy (non-hydrogen) atoms. The van der Waals surface area contributed by atoms with Crippen molar-refractivity contribution in [2.45, 2.75) is 26.2 Å². The Kier molecular flexibility index (Phi) is 2.95. The minimum Gasteiger partial charge on any atom is -0.477 e. The molecule has 0 saturated heterocycles. The molecule has 1 heterocycles. The SMILES string of the molecule is CC(C)(C)c1c(Br)ccnc1C(=O)O. The normalized spacial score (nSPS) is 11.4. The maximum atomic E-state index is 10.9. The van der Waals surface area contributed by atoms with Gasteiger partial charge in [0, 0.05) is 16.2 Å². The van der Waals surface area contributed by atoms with Gasteiger partial charge in [0.2, 0.25) is 0 Å². The Morgan fingerprint density at radius 1 is 1.50 bits per heavy atom. The summed E-state index contributed by atoms with van der Waals surface area (Å²) < 4.78 is 0.789. The number of pyridine rings is 1. The fourth-order valence-electron chi connectivity index (χ4n) is 1.31. The number of halogens is 1. The van der Waals surface area contributed by atoms with E-state index < -0.39 is 5.97 Å². The third kappa shape index (κ3) is 2.12. The van der Waals surface area contributed by atoms with Gasteiger partial charge in [0.05, 0.1) is 0 Å². The molecule has 0 atom stereocenters. The molecular weight excluding hydrogens is 246 g/mol. The number of rotatable bonds is 1. The summed E-state index contributed by atoms with van der Waals surface area (Å²) in [4.78, 5) is 14.8. The monoisotopic (exact) mass is 257 g/mol. The lowest BCUT2D eigenvalue weighted by Gasteiger charge is -2.21. The highest BCUT2D eigenvalue weighted by atomic mass is 79.9. The molecule has 76 valence electrons. The molecular formula is C10H12BrNO2. The van der Waals surface area contributed by atoms with Crippen LogP contribution in [0, 0.1) is 0 Å². The average Bonchev–Trinajstić information content (AvgIpc) is 2.01. The van der Waals surface area contributed by atoms with Crippen LogP contribution in [-0.4, -0.2) is 16.1 Å². The Bertz CT molecular complexity index is 369. The smallest absolute Gasteiger partial charge is 0.354 e. The fourth-order valence-corrected chi connectivity index (χ4v) is 2.21. The van der Waals surface area contributed by atoms with Crippen LogP contribution < -0.4 is 0 Å². The van der Waals surface area contributed by atoms with Gasteiger partial charge in [0.25, 0.3) is 0 Å². The second-order valence-electron chi connectivity index (χ2n) is 4.07. The van der Waals surface area contributed by atoms with Gasteiger partial charge in [-0.3, -0.25) is 0 Å². The molecule has 0 spiro atoms. The van der Waals surface area contributed by atoms with E-state index in [9.17, 15) is 4.79 Å². The average molecular weight is 258 g/mol. The van der Waals surface area contributed by atoms with Crippen LogP contribution in [0.2, 0.25) is 0 Å². The molecule has 0 amide bonds. The van der Waals surface area contributed by atoms with Gasteiger partial charge in [-0.15, -0.1) is 0 Å². The number of aromatic nitrogens is 1. The second-order valence-corrected chi connectivity index (χ2v) is 4.93. The highest BCUT2D eigenvalue weighted by Crippen LogP contribution is 2.31. The highest BCUT2D eigenvalue weighted by molar-refractivity contribution is 9.10. The number of hydrogen-bond donors (Lipinski definition) is 1. The minimum atomic E-state index is -0.990. The predicted octanol–water partition coefficient (Wildman–Crippen LogP) is 2.84. The first-order valence-corrected chi connectivity index (χ1v) is 5.01. The molecule has 3 nitrogen and oxygen atoms in total. The van der Waals surface area contributed by atoms with Crippen LogP contribution in [-0.2, 0) is 5.41 Å². The summed E-state index contributed by atoms with van der Waals surface area (Å²) in [7, 11) is 0. The maximum absolute atomic E-state index is 10.9. The van der Waals surface area contributed by atoms with Crippen molar-refractivity contribution in [1.82, 2.24) is 4.98 Å². The van der Waals surface area contributed by atoms with Crippen molar-refractivity contribution < 1.29 is 9.90 Å². The Morgan fingerprint density at radius 3 is 2.43 bits per heavy atom. The number of nitrogens with zero attached hydrogens (tertiary/aromatic N) is 1. The summed E-state index contributed by atoms with van der Waals surface area (Å²) in [6, 6.07) is 1.76. The number of aromatic carboxylic acids is 1. The molecule has 1 aromatic heterocycles. The largest absolute Gasteiger partial charge is 0.477 e. The lowest BCUT2D eigenvalue weighted by atomic mass is 9.86. The summed E-state index contributed by atoms with van der Waals surface area (Å²) in [5.74, 6) is -0.990. The number of carbonyl (C=O) groups is 1. The Morgan fingerprint density at radius 2 is 2.07 bits per heavy atom. The summed E-state index contributed by atoms with van der Waals surface area (Å²) in [6.07, 6.45) is 1.49. The van der Waals surface area contributed by atoms with Crippen LogP contribution in [0.25, 0.3) is 0 Å². The second kappa shape index (κ2) is 3.69. The Labute approximate surface area is 91.3 Å². The zero-order valence-electron chi connectivity index (χ0n) is 8.34.